The number of allylic oxidation sites excluding steroid dienone is 1. The largest absolute Gasteiger partial charge is 0.310 e. The second-order valence-corrected chi connectivity index (χ2v) is 11.4. The van der Waals surface area contributed by atoms with Gasteiger partial charge in [0.25, 0.3) is 0 Å². The van der Waals surface area contributed by atoms with Gasteiger partial charge in [-0.25, -0.2) is 0 Å². The Labute approximate surface area is 272 Å². The third-order valence-corrected chi connectivity index (χ3v) is 8.55. The topological polar surface area (TPSA) is 6.48 Å². The van der Waals surface area contributed by atoms with Gasteiger partial charge in [0.2, 0.25) is 0 Å². The summed E-state index contributed by atoms with van der Waals surface area (Å²) in [5.74, 6) is 0. The Kier molecular flexibility index (Phi) is 8.17. The highest BCUT2D eigenvalue weighted by Crippen LogP contribution is 2.41. The van der Waals surface area contributed by atoms with Crippen LogP contribution in [-0.4, -0.2) is 0 Å². The minimum Gasteiger partial charge on any atom is -0.310 e. The quantitative estimate of drug-likeness (QED) is 0.173. The van der Waals surface area contributed by atoms with Crippen LogP contribution in [0.1, 0.15) is 18.1 Å². The maximum absolute atomic E-state index is 2.34. The summed E-state index contributed by atoms with van der Waals surface area (Å²) < 4.78 is 0. The lowest BCUT2D eigenvalue weighted by Crippen LogP contribution is -2.11. The number of rotatable bonds is 8. The van der Waals surface area contributed by atoms with Crippen molar-refractivity contribution in [2.24, 2.45) is 0 Å². The van der Waals surface area contributed by atoms with E-state index >= 15 is 0 Å². The number of para-hydroxylation sites is 2. The van der Waals surface area contributed by atoms with Crippen molar-refractivity contribution in [1.82, 2.24) is 0 Å². The molecule has 0 saturated carbocycles. The molecule has 2 nitrogen and oxygen atoms in total. The van der Waals surface area contributed by atoms with Crippen molar-refractivity contribution >= 4 is 51.0 Å². The minimum absolute atomic E-state index is 1.12. The van der Waals surface area contributed by atoms with E-state index in [0.717, 1.165) is 28.4 Å². The zero-order valence-corrected chi connectivity index (χ0v) is 26.2. The molecule has 2 heteroatoms. The molecule has 0 aromatic heterocycles. The van der Waals surface area contributed by atoms with E-state index in [-0.39, 0.29) is 0 Å². The van der Waals surface area contributed by atoms with Crippen LogP contribution in [-0.2, 0) is 0 Å². The molecule has 222 valence electrons. The fourth-order valence-corrected chi connectivity index (χ4v) is 6.26. The molecule has 7 aromatic rings. The summed E-state index contributed by atoms with van der Waals surface area (Å²) in [5, 5.41) is 2.45. The fourth-order valence-electron chi connectivity index (χ4n) is 6.26. The standard InChI is InChI=1S/C44H36N2/c1-3-14-34-16-12-23-43(33(34)2)45(38-18-6-4-7-19-38)40-29-25-35(26-30-40)36-27-31-41(32-28-36)46(39-20-8-5-9-21-39)44-24-13-17-37-15-10-11-22-42(37)44/h3-32H,1-2H3/b14-3-. The molecule has 0 spiro atoms. The second-order valence-electron chi connectivity index (χ2n) is 11.4. The Balaban J connectivity index is 1.24. The van der Waals surface area contributed by atoms with Crippen molar-refractivity contribution < 1.29 is 0 Å². The van der Waals surface area contributed by atoms with Crippen molar-refractivity contribution in [1.29, 1.82) is 0 Å². The van der Waals surface area contributed by atoms with Crippen molar-refractivity contribution in [3.05, 3.63) is 187 Å². The number of anilines is 6. The maximum Gasteiger partial charge on any atom is 0.0540 e. The summed E-state index contributed by atoms with van der Waals surface area (Å²) in [4.78, 5) is 4.69. The summed E-state index contributed by atoms with van der Waals surface area (Å²) >= 11 is 0. The smallest absolute Gasteiger partial charge is 0.0540 e. The van der Waals surface area contributed by atoms with Crippen LogP contribution >= 0.6 is 0 Å². The van der Waals surface area contributed by atoms with Gasteiger partial charge in [0.05, 0.1) is 5.69 Å². The van der Waals surface area contributed by atoms with Gasteiger partial charge in [0.15, 0.2) is 0 Å². The van der Waals surface area contributed by atoms with Crippen LogP contribution in [0.5, 0.6) is 0 Å². The first kappa shape index (κ1) is 28.9. The molecule has 46 heavy (non-hydrogen) atoms. The lowest BCUT2D eigenvalue weighted by atomic mass is 10.0. The lowest BCUT2D eigenvalue weighted by Gasteiger charge is -2.28. The van der Waals surface area contributed by atoms with Crippen molar-refractivity contribution in [3.8, 4) is 11.1 Å². The molecule has 0 radical (unpaired) electrons. The van der Waals surface area contributed by atoms with Crippen LogP contribution in [0.15, 0.2) is 176 Å². The van der Waals surface area contributed by atoms with Gasteiger partial charge in [-0.2, -0.15) is 0 Å². The van der Waals surface area contributed by atoms with E-state index in [2.05, 4.69) is 206 Å². The second kappa shape index (κ2) is 13.0. The van der Waals surface area contributed by atoms with Gasteiger partial charge in [0.1, 0.15) is 0 Å². The molecule has 0 aliphatic rings. The van der Waals surface area contributed by atoms with Gasteiger partial charge >= 0.3 is 0 Å². The predicted octanol–water partition coefficient (Wildman–Crippen LogP) is 12.8. The molecule has 0 bridgehead atoms. The van der Waals surface area contributed by atoms with E-state index in [1.807, 2.05) is 0 Å². The molecule has 0 unspecified atom stereocenters. The molecule has 0 saturated heterocycles. The molecule has 0 atom stereocenters. The van der Waals surface area contributed by atoms with Gasteiger partial charge in [-0.1, -0.05) is 121 Å². The third-order valence-electron chi connectivity index (χ3n) is 8.55. The van der Waals surface area contributed by atoms with E-state index in [4.69, 9.17) is 0 Å². The van der Waals surface area contributed by atoms with Crippen LogP contribution in [0.25, 0.3) is 28.0 Å². The average molecular weight is 593 g/mol. The Hall–Kier alpha value is -5.86. The zero-order valence-electron chi connectivity index (χ0n) is 26.2. The van der Waals surface area contributed by atoms with Crippen LogP contribution < -0.4 is 9.80 Å². The molecule has 0 aliphatic carbocycles. The maximum atomic E-state index is 2.34. The van der Waals surface area contributed by atoms with Crippen LogP contribution in [0.3, 0.4) is 0 Å². The van der Waals surface area contributed by atoms with E-state index in [1.165, 1.54) is 38.7 Å². The summed E-state index contributed by atoms with van der Waals surface area (Å²) in [7, 11) is 0. The van der Waals surface area contributed by atoms with Gasteiger partial charge in [-0.3, -0.25) is 0 Å². The molecule has 7 rings (SSSR count). The van der Waals surface area contributed by atoms with Gasteiger partial charge in [-0.05, 0) is 102 Å². The van der Waals surface area contributed by atoms with E-state index < -0.39 is 0 Å². The number of fused-ring (bicyclic) bond motifs is 1. The SMILES string of the molecule is C/C=C\c1cccc(N(c2ccccc2)c2ccc(-c3ccc(N(c4ccccc4)c4cccc5ccccc45)cc3)cc2)c1C. The lowest BCUT2D eigenvalue weighted by molar-refractivity contribution is 1.24. The van der Waals surface area contributed by atoms with E-state index in [0.29, 0.717) is 0 Å². The molecule has 0 fully saturated rings. The number of hydrogen-bond donors (Lipinski definition) is 0. The minimum atomic E-state index is 1.12. The highest BCUT2D eigenvalue weighted by Gasteiger charge is 2.17. The monoisotopic (exact) mass is 592 g/mol. The fraction of sp³-hybridized carbons (Fsp3) is 0.0455. The summed E-state index contributed by atoms with van der Waals surface area (Å²) in [6, 6.07) is 60.6. The van der Waals surface area contributed by atoms with Gasteiger partial charge in [-0.15, -0.1) is 0 Å². The first-order chi connectivity index (χ1) is 22.7. The Morgan fingerprint density at radius 1 is 0.413 bits per heavy atom. The summed E-state index contributed by atoms with van der Waals surface area (Å²) in [6.07, 6.45) is 4.27. The number of hydrogen-bond acceptors (Lipinski definition) is 2. The highest BCUT2D eigenvalue weighted by molar-refractivity contribution is 5.99. The predicted molar refractivity (Wildman–Crippen MR) is 198 cm³/mol. The molecular weight excluding hydrogens is 556 g/mol. The molecule has 7 aromatic carbocycles. The highest BCUT2D eigenvalue weighted by atomic mass is 15.1. The van der Waals surface area contributed by atoms with Gasteiger partial charge in [0, 0.05) is 33.8 Å². The van der Waals surface area contributed by atoms with Crippen molar-refractivity contribution in [2.45, 2.75) is 13.8 Å². The van der Waals surface area contributed by atoms with E-state index in [9.17, 15) is 0 Å². The molecular formula is C44H36N2. The molecule has 0 aliphatic heterocycles. The number of nitrogens with zero attached hydrogens (tertiary/aromatic N) is 2. The zero-order chi connectivity index (χ0) is 31.3. The summed E-state index contributed by atoms with van der Waals surface area (Å²) in [6.45, 7) is 4.27. The van der Waals surface area contributed by atoms with Gasteiger partial charge < -0.3 is 9.80 Å². The first-order valence-electron chi connectivity index (χ1n) is 15.8. The van der Waals surface area contributed by atoms with E-state index in [1.54, 1.807) is 0 Å². The van der Waals surface area contributed by atoms with Crippen LogP contribution in [0.2, 0.25) is 0 Å². The third kappa shape index (κ3) is 5.69. The molecule has 0 amide bonds. The van der Waals surface area contributed by atoms with Crippen molar-refractivity contribution in [3.63, 3.8) is 0 Å². The Morgan fingerprint density at radius 2 is 0.870 bits per heavy atom. The van der Waals surface area contributed by atoms with Crippen LogP contribution in [0, 0.1) is 6.92 Å². The average Bonchev–Trinajstić information content (AvgIpc) is 3.12. The Bertz CT molecular complexity index is 2090. The van der Waals surface area contributed by atoms with Crippen molar-refractivity contribution in [2.75, 3.05) is 9.80 Å². The number of benzene rings is 7. The van der Waals surface area contributed by atoms with Crippen LogP contribution in [0.4, 0.5) is 34.1 Å². The normalized spacial score (nSPS) is 11.2. The first-order valence-corrected chi connectivity index (χ1v) is 15.8. The summed E-state index contributed by atoms with van der Waals surface area (Å²) in [5.41, 5.74) is 11.7. The Morgan fingerprint density at radius 3 is 1.46 bits per heavy atom. The molecule has 0 heterocycles. The molecule has 0 N–H and O–H groups in total.